The highest BCUT2D eigenvalue weighted by molar-refractivity contribution is 5.69. The molecule has 0 saturated carbocycles. The van der Waals surface area contributed by atoms with Crippen LogP contribution in [0.4, 0.5) is 0 Å². The summed E-state index contributed by atoms with van der Waals surface area (Å²) in [6.07, 6.45) is 20.0. The van der Waals surface area contributed by atoms with E-state index in [4.69, 9.17) is 4.74 Å². The second kappa shape index (κ2) is 20.2. The molecular weight excluding hydrogens is 336 g/mol. The molecular formula is C24H48O3. The summed E-state index contributed by atoms with van der Waals surface area (Å²) in [5, 5.41) is 10.1. The van der Waals surface area contributed by atoms with Crippen molar-refractivity contribution in [2.24, 2.45) is 0 Å². The first-order valence-corrected chi connectivity index (χ1v) is 12.0. The van der Waals surface area contributed by atoms with Crippen molar-refractivity contribution in [2.45, 2.75) is 149 Å². The average molecular weight is 385 g/mol. The van der Waals surface area contributed by atoms with E-state index in [0.717, 1.165) is 32.1 Å². The van der Waals surface area contributed by atoms with Crippen LogP contribution in [-0.2, 0) is 9.53 Å². The number of aliphatic hydroxyl groups excluding tert-OH is 1. The summed E-state index contributed by atoms with van der Waals surface area (Å²) in [5.41, 5.74) is 0. The van der Waals surface area contributed by atoms with Gasteiger partial charge >= 0.3 is 5.97 Å². The van der Waals surface area contributed by atoms with Gasteiger partial charge in [0.05, 0.1) is 6.10 Å². The number of esters is 1. The molecule has 0 aliphatic rings. The lowest BCUT2D eigenvalue weighted by Gasteiger charge is -2.22. The van der Waals surface area contributed by atoms with Gasteiger partial charge in [-0.2, -0.15) is 0 Å². The van der Waals surface area contributed by atoms with E-state index in [1.54, 1.807) is 0 Å². The van der Waals surface area contributed by atoms with Crippen LogP contribution in [0.15, 0.2) is 0 Å². The molecule has 0 amide bonds. The van der Waals surface area contributed by atoms with Crippen LogP contribution in [0.1, 0.15) is 136 Å². The summed E-state index contributed by atoms with van der Waals surface area (Å²) in [4.78, 5) is 11.9. The largest absolute Gasteiger partial charge is 0.460 e. The Balaban J connectivity index is 3.68. The standard InChI is InChI=1S/C24H48O3/c1-4-7-9-10-11-12-13-14-15-16-17-19-20-23(22(25)6-3)27-24(26)21-18-8-5-2/h22-23,25H,4-21H2,1-3H3. The SMILES string of the molecule is CCCCCCCCCCCCCCC(OC(=O)CCCCC)C(O)CC. The Morgan fingerprint density at radius 2 is 1.15 bits per heavy atom. The number of hydrogen-bond acceptors (Lipinski definition) is 3. The third-order valence-corrected chi connectivity index (χ3v) is 5.46. The smallest absolute Gasteiger partial charge is 0.306 e. The Kier molecular flexibility index (Phi) is 19.7. The first-order chi connectivity index (χ1) is 13.2. The van der Waals surface area contributed by atoms with Crippen molar-refractivity contribution in [2.75, 3.05) is 0 Å². The molecule has 3 heteroatoms. The highest BCUT2D eigenvalue weighted by atomic mass is 16.6. The molecule has 2 unspecified atom stereocenters. The number of ether oxygens (including phenoxy) is 1. The van der Waals surface area contributed by atoms with Crippen molar-refractivity contribution >= 4 is 5.97 Å². The summed E-state index contributed by atoms with van der Waals surface area (Å²) in [6, 6.07) is 0. The van der Waals surface area contributed by atoms with Gasteiger partial charge in [0.1, 0.15) is 6.10 Å². The van der Waals surface area contributed by atoms with Crippen LogP contribution < -0.4 is 0 Å². The highest BCUT2D eigenvalue weighted by Crippen LogP contribution is 2.17. The summed E-state index contributed by atoms with van der Waals surface area (Å²) >= 11 is 0. The van der Waals surface area contributed by atoms with E-state index < -0.39 is 6.10 Å². The number of carbonyl (C=O) groups excluding carboxylic acids is 1. The van der Waals surface area contributed by atoms with E-state index in [0.29, 0.717) is 12.8 Å². The average Bonchev–Trinajstić information content (AvgIpc) is 2.67. The molecule has 0 aromatic heterocycles. The molecule has 0 saturated heterocycles. The quantitative estimate of drug-likeness (QED) is 0.176. The number of unbranched alkanes of at least 4 members (excludes halogenated alkanes) is 13. The Morgan fingerprint density at radius 1 is 0.704 bits per heavy atom. The van der Waals surface area contributed by atoms with Crippen LogP contribution in [0.25, 0.3) is 0 Å². The fourth-order valence-electron chi connectivity index (χ4n) is 3.53. The number of rotatable bonds is 20. The van der Waals surface area contributed by atoms with Gasteiger partial charge in [-0.3, -0.25) is 4.79 Å². The maximum absolute atomic E-state index is 11.9. The highest BCUT2D eigenvalue weighted by Gasteiger charge is 2.21. The van der Waals surface area contributed by atoms with Gasteiger partial charge in [0.2, 0.25) is 0 Å². The Labute approximate surface area is 169 Å². The molecule has 3 nitrogen and oxygen atoms in total. The molecule has 0 heterocycles. The van der Waals surface area contributed by atoms with Crippen molar-refractivity contribution < 1.29 is 14.6 Å². The van der Waals surface area contributed by atoms with E-state index >= 15 is 0 Å². The van der Waals surface area contributed by atoms with Gasteiger partial charge in [-0.05, 0) is 25.7 Å². The second-order valence-corrected chi connectivity index (χ2v) is 8.14. The van der Waals surface area contributed by atoms with Gasteiger partial charge < -0.3 is 9.84 Å². The third-order valence-electron chi connectivity index (χ3n) is 5.46. The summed E-state index contributed by atoms with van der Waals surface area (Å²) in [5.74, 6) is -0.139. The molecule has 0 fully saturated rings. The Bertz CT molecular complexity index is 317. The zero-order chi connectivity index (χ0) is 20.2. The molecule has 27 heavy (non-hydrogen) atoms. The topological polar surface area (TPSA) is 46.5 Å². The minimum atomic E-state index is -0.521. The van der Waals surface area contributed by atoms with Gasteiger partial charge in [-0.15, -0.1) is 0 Å². The van der Waals surface area contributed by atoms with Crippen LogP contribution in [0.5, 0.6) is 0 Å². The number of hydrogen-bond donors (Lipinski definition) is 1. The molecule has 0 aromatic carbocycles. The molecule has 0 aromatic rings. The molecule has 0 aliphatic heterocycles. The zero-order valence-electron chi connectivity index (χ0n) is 18.6. The van der Waals surface area contributed by atoms with Crippen LogP contribution >= 0.6 is 0 Å². The first-order valence-electron chi connectivity index (χ1n) is 12.0. The van der Waals surface area contributed by atoms with E-state index in [1.165, 1.54) is 70.6 Å². The fourth-order valence-corrected chi connectivity index (χ4v) is 3.53. The fraction of sp³-hybridized carbons (Fsp3) is 0.958. The van der Waals surface area contributed by atoms with Gasteiger partial charge in [-0.1, -0.05) is 104 Å². The van der Waals surface area contributed by atoms with Crippen molar-refractivity contribution in [3.8, 4) is 0 Å². The van der Waals surface area contributed by atoms with Crippen molar-refractivity contribution in [1.29, 1.82) is 0 Å². The van der Waals surface area contributed by atoms with E-state index in [-0.39, 0.29) is 12.1 Å². The van der Waals surface area contributed by atoms with Crippen LogP contribution in [-0.4, -0.2) is 23.3 Å². The molecule has 0 radical (unpaired) electrons. The Hall–Kier alpha value is -0.570. The number of aliphatic hydroxyl groups is 1. The third kappa shape index (κ3) is 17.3. The maximum atomic E-state index is 11.9. The van der Waals surface area contributed by atoms with Crippen LogP contribution in [0.2, 0.25) is 0 Å². The van der Waals surface area contributed by atoms with Gasteiger partial charge in [-0.25, -0.2) is 0 Å². The van der Waals surface area contributed by atoms with E-state index in [9.17, 15) is 9.90 Å². The molecule has 0 bridgehead atoms. The molecule has 162 valence electrons. The summed E-state index contributed by atoms with van der Waals surface area (Å²) in [6.45, 7) is 6.34. The summed E-state index contributed by atoms with van der Waals surface area (Å²) < 4.78 is 5.56. The Morgan fingerprint density at radius 3 is 1.63 bits per heavy atom. The van der Waals surface area contributed by atoms with Crippen molar-refractivity contribution in [1.82, 2.24) is 0 Å². The number of carbonyl (C=O) groups is 1. The lowest BCUT2D eigenvalue weighted by atomic mass is 10.0. The predicted molar refractivity (Wildman–Crippen MR) is 116 cm³/mol. The minimum Gasteiger partial charge on any atom is -0.460 e. The lowest BCUT2D eigenvalue weighted by molar-refractivity contribution is -0.156. The zero-order valence-corrected chi connectivity index (χ0v) is 18.6. The lowest BCUT2D eigenvalue weighted by Crippen LogP contribution is -2.30. The summed E-state index contributed by atoms with van der Waals surface area (Å²) in [7, 11) is 0. The first kappa shape index (κ1) is 26.4. The predicted octanol–water partition coefficient (Wildman–Crippen LogP) is 7.34. The van der Waals surface area contributed by atoms with Gasteiger partial charge in [0, 0.05) is 6.42 Å². The van der Waals surface area contributed by atoms with Crippen LogP contribution in [0.3, 0.4) is 0 Å². The van der Waals surface area contributed by atoms with E-state index in [1.807, 2.05) is 6.92 Å². The second-order valence-electron chi connectivity index (χ2n) is 8.14. The molecule has 0 rings (SSSR count). The van der Waals surface area contributed by atoms with Crippen molar-refractivity contribution in [3.63, 3.8) is 0 Å². The van der Waals surface area contributed by atoms with Gasteiger partial charge in [0.15, 0.2) is 0 Å². The minimum absolute atomic E-state index is 0.139. The molecule has 0 aliphatic carbocycles. The van der Waals surface area contributed by atoms with Gasteiger partial charge in [0.25, 0.3) is 0 Å². The monoisotopic (exact) mass is 384 g/mol. The van der Waals surface area contributed by atoms with E-state index in [2.05, 4.69) is 13.8 Å². The normalized spacial score (nSPS) is 13.5. The molecule has 1 N–H and O–H groups in total. The molecule has 0 spiro atoms. The maximum Gasteiger partial charge on any atom is 0.306 e. The molecule has 2 atom stereocenters. The van der Waals surface area contributed by atoms with Crippen LogP contribution in [0, 0.1) is 0 Å². The van der Waals surface area contributed by atoms with Crippen molar-refractivity contribution in [3.05, 3.63) is 0 Å².